The molecule has 0 bridgehead atoms. The summed E-state index contributed by atoms with van der Waals surface area (Å²) in [6, 6.07) is 7.10. The maximum Gasteiger partial charge on any atom is 0.166 e. The number of nitrogen functional groups attached to an aromatic ring is 1. The van der Waals surface area contributed by atoms with Crippen molar-refractivity contribution < 1.29 is 19.4 Å². The molecule has 0 spiro atoms. The van der Waals surface area contributed by atoms with Gasteiger partial charge in [-0.2, -0.15) is 0 Å². The minimum atomic E-state index is -0.129. The van der Waals surface area contributed by atoms with Gasteiger partial charge in [-0.3, -0.25) is 9.59 Å². The molecule has 1 aliphatic rings. The monoisotopic (exact) mass is 422 g/mol. The van der Waals surface area contributed by atoms with Gasteiger partial charge in [-0.15, -0.1) is 0 Å². The van der Waals surface area contributed by atoms with Crippen LogP contribution in [0.1, 0.15) is 74.5 Å². The van der Waals surface area contributed by atoms with Gasteiger partial charge in [-0.25, -0.2) is 4.98 Å². The Morgan fingerprint density at radius 3 is 2.74 bits per heavy atom. The topological polar surface area (TPSA) is 103 Å². The number of allylic oxidation sites excluding steroid dienone is 1. The Morgan fingerprint density at radius 1 is 1.26 bits per heavy atom. The van der Waals surface area contributed by atoms with Crippen LogP contribution in [-0.2, 0) is 9.59 Å². The number of fused-ring (bicyclic) bond motifs is 1. The molecule has 1 aromatic carbocycles. The number of phenols is 1. The van der Waals surface area contributed by atoms with Crippen molar-refractivity contribution in [1.29, 1.82) is 0 Å². The fraction of sp³-hybridized carbons (Fsp3) is 0.400. The van der Waals surface area contributed by atoms with Gasteiger partial charge in [0.2, 0.25) is 0 Å². The Morgan fingerprint density at radius 2 is 2.06 bits per heavy atom. The zero-order valence-corrected chi connectivity index (χ0v) is 18.2. The van der Waals surface area contributed by atoms with Crippen LogP contribution in [0.3, 0.4) is 0 Å². The first-order valence-corrected chi connectivity index (χ1v) is 10.8. The van der Waals surface area contributed by atoms with E-state index in [4.69, 9.17) is 10.5 Å². The van der Waals surface area contributed by atoms with Gasteiger partial charge in [0.1, 0.15) is 11.6 Å². The second-order valence-electron chi connectivity index (χ2n) is 8.03. The van der Waals surface area contributed by atoms with E-state index in [0.29, 0.717) is 36.4 Å². The lowest BCUT2D eigenvalue weighted by Gasteiger charge is -2.19. The highest BCUT2D eigenvalue weighted by Gasteiger charge is 2.26. The van der Waals surface area contributed by atoms with Crippen molar-refractivity contribution in [3.05, 3.63) is 52.7 Å². The summed E-state index contributed by atoms with van der Waals surface area (Å²) in [6.07, 6.45) is 8.01. The number of unbranched alkanes of at least 4 members (excludes halogenated alkanes) is 2. The summed E-state index contributed by atoms with van der Waals surface area (Å²) in [7, 11) is 1.49. The number of phenolic OH excluding ortho intramolecular Hbond substituents is 1. The molecular formula is C25H30N2O4. The standard InChI is InChI=1S/C25H30N2O4/c1-3-4-5-6-19(28)13-22(29)16-7-9-20(17-8-10-25(26)27-15-17)21-14-23(30)24(31-2)12-18(21)11-16/h8,10-12,14-15,20,30H,3-7,9,13H2,1-2H3,(H2,26,27). The van der Waals surface area contributed by atoms with E-state index in [2.05, 4.69) is 11.9 Å². The normalized spacial score (nSPS) is 15.5. The number of aromatic hydroxyl groups is 1. The number of hydrogen-bond donors (Lipinski definition) is 2. The van der Waals surface area contributed by atoms with Crippen LogP contribution in [-0.4, -0.2) is 28.8 Å². The lowest BCUT2D eigenvalue weighted by atomic mass is 9.86. The molecule has 1 aromatic heterocycles. The van der Waals surface area contributed by atoms with Gasteiger partial charge in [0.25, 0.3) is 0 Å². The zero-order valence-electron chi connectivity index (χ0n) is 18.2. The van der Waals surface area contributed by atoms with Gasteiger partial charge in [0, 0.05) is 18.5 Å². The van der Waals surface area contributed by atoms with Crippen molar-refractivity contribution in [2.24, 2.45) is 0 Å². The molecular weight excluding hydrogens is 392 g/mol. The third-order valence-electron chi connectivity index (χ3n) is 5.78. The summed E-state index contributed by atoms with van der Waals surface area (Å²) < 4.78 is 5.28. The molecule has 1 atom stereocenters. The van der Waals surface area contributed by atoms with Crippen LogP contribution in [0.4, 0.5) is 5.82 Å². The third-order valence-corrected chi connectivity index (χ3v) is 5.78. The molecule has 1 aliphatic carbocycles. The number of aromatic nitrogens is 1. The number of benzene rings is 1. The number of ketones is 2. The largest absolute Gasteiger partial charge is 0.504 e. The fourth-order valence-electron chi connectivity index (χ4n) is 4.05. The smallest absolute Gasteiger partial charge is 0.166 e. The number of anilines is 1. The van der Waals surface area contributed by atoms with Crippen molar-refractivity contribution in [1.82, 2.24) is 4.98 Å². The summed E-state index contributed by atoms with van der Waals surface area (Å²) in [5, 5.41) is 10.4. The predicted octanol–water partition coefficient (Wildman–Crippen LogP) is 4.80. The highest BCUT2D eigenvalue weighted by atomic mass is 16.5. The molecule has 1 unspecified atom stereocenters. The van der Waals surface area contributed by atoms with Crippen LogP contribution >= 0.6 is 0 Å². The molecule has 3 rings (SSSR count). The van der Waals surface area contributed by atoms with Crippen LogP contribution in [0.2, 0.25) is 0 Å². The highest BCUT2D eigenvalue weighted by Crippen LogP contribution is 2.41. The number of pyridine rings is 1. The van der Waals surface area contributed by atoms with Crippen LogP contribution in [0.15, 0.2) is 36.0 Å². The third kappa shape index (κ3) is 5.51. The van der Waals surface area contributed by atoms with Crippen molar-refractivity contribution >= 4 is 23.5 Å². The van der Waals surface area contributed by atoms with Crippen LogP contribution < -0.4 is 10.5 Å². The number of Topliss-reactive ketones (excluding diaryl/α,β-unsaturated/α-hetero) is 2. The highest BCUT2D eigenvalue weighted by molar-refractivity contribution is 6.09. The lowest BCUT2D eigenvalue weighted by Crippen LogP contribution is -2.10. The summed E-state index contributed by atoms with van der Waals surface area (Å²) >= 11 is 0. The van der Waals surface area contributed by atoms with E-state index < -0.39 is 0 Å². The van der Waals surface area contributed by atoms with E-state index in [1.165, 1.54) is 7.11 Å². The number of nitrogens with two attached hydrogens (primary N) is 1. The number of methoxy groups -OCH3 is 1. The fourth-order valence-corrected chi connectivity index (χ4v) is 4.05. The molecule has 0 fully saturated rings. The molecule has 0 radical (unpaired) electrons. The molecule has 0 saturated carbocycles. The van der Waals surface area contributed by atoms with Crippen LogP contribution in [0.25, 0.3) is 6.08 Å². The number of rotatable bonds is 9. The first-order chi connectivity index (χ1) is 14.9. The van der Waals surface area contributed by atoms with E-state index in [1.54, 1.807) is 24.4 Å². The summed E-state index contributed by atoms with van der Waals surface area (Å²) in [5.74, 6) is 0.617. The Hall–Kier alpha value is -3.15. The molecule has 0 amide bonds. The predicted molar refractivity (Wildman–Crippen MR) is 121 cm³/mol. The van der Waals surface area contributed by atoms with E-state index in [1.807, 2.05) is 12.1 Å². The summed E-state index contributed by atoms with van der Waals surface area (Å²) in [4.78, 5) is 29.4. The van der Waals surface area contributed by atoms with Gasteiger partial charge in [0.05, 0.1) is 13.5 Å². The Kier molecular flexibility index (Phi) is 7.45. The van der Waals surface area contributed by atoms with Crippen molar-refractivity contribution in [2.45, 2.75) is 57.8 Å². The average molecular weight is 423 g/mol. The number of carbonyl (C=O) groups is 2. The quantitative estimate of drug-likeness (QED) is 0.445. The minimum Gasteiger partial charge on any atom is -0.504 e. The molecule has 0 saturated heterocycles. The van der Waals surface area contributed by atoms with Gasteiger partial charge >= 0.3 is 0 Å². The molecule has 31 heavy (non-hydrogen) atoms. The van der Waals surface area contributed by atoms with Crippen LogP contribution in [0.5, 0.6) is 11.5 Å². The summed E-state index contributed by atoms with van der Waals surface area (Å²) in [5.41, 5.74) is 9.02. The van der Waals surface area contributed by atoms with Crippen LogP contribution in [0, 0.1) is 0 Å². The molecule has 1 heterocycles. The second kappa shape index (κ2) is 10.2. The van der Waals surface area contributed by atoms with Gasteiger partial charge in [-0.1, -0.05) is 25.8 Å². The molecule has 6 heteroatoms. The first-order valence-electron chi connectivity index (χ1n) is 10.8. The number of carbonyl (C=O) groups excluding carboxylic acids is 2. The average Bonchev–Trinajstić information content (AvgIpc) is 2.93. The van der Waals surface area contributed by atoms with E-state index in [0.717, 1.165) is 36.0 Å². The van der Waals surface area contributed by atoms with Crippen molar-refractivity contribution in [2.75, 3.05) is 12.8 Å². The Balaban J connectivity index is 1.91. The SMILES string of the molecule is CCCCCC(=O)CC(=O)C1=Cc2cc(OC)c(O)cc2C(c2ccc(N)nc2)CC1. The maximum atomic E-state index is 12.9. The number of hydrogen-bond acceptors (Lipinski definition) is 6. The van der Waals surface area contributed by atoms with Crippen molar-refractivity contribution in [3.8, 4) is 11.5 Å². The first kappa shape index (κ1) is 22.5. The van der Waals surface area contributed by atoms with Crippen molar-refractivity contribution in [3.63, 3.8) is 0 Å². The molecule has 0 aliphatic heterocycles. The summed E-state index contributed by atoms with van der Waals surface area (Å²) in [6.45, 7) is 2.09. The van der Waals surface area contributed by atoms with E-state index in [9.17, 15) is 14.7 Å². The number of nitrogens with zero attached hydrogens (tertiary/aromatic N) is 1. The number of ether oxygens (including phenoxy) is 1. The zero-order chi connectivity index (χ0) is 22.4. The minimum absolute atomic E-state index is 0.00797. The maximum absolute atomic E-state index is 12.9. The molecule has 164 valence electrons. The van der Waals surface area contributed by atoms with E-state index >= 15 is 0 Å². The van der Waals surface area contributed by atoms with Gasteiger partial charge in [-0.05, 0) is 65.8 Å². The molecule has 6 nitrogen and oxygen atoms in total. The van der Waals surface area contributed by atoms with Gasteiger partial charge < -0.3 is 15.6 Å². The van der Waals surface area contributed by atoms with Gasteiger partial charge in [0.15, 0.2) is 17.3 Å². The second-order valence-corrected chi connectivity index (χ2v) is 8.03. The molecule has 3 N–H and O–H groups in total. The van der Waals surface area contributed by atoms with E-state index in [-0.39, 0.29) is 29.7 Å². The Bertz CT molecular complexity index is 980. The Labute approximate surface area is 183 Å². The lowest BCUT2D eigenvalue weighted by molar-refractivity contribution is -0.125. The molecule has 2 aromatic rings.